The van der Waals surface area contributed by atoms with Gasteiger partial charge in [-0.15, -0.1) is 0 Å². The van der Waals surface area contributed by atoms with Gasteiger partial charge >= 0.3 is 5.97 Å². The van der Waals surface area contributed by atoms with Crippen LogP contribution in [0.3, 0.4) is 0 Å². The summed E-state index contributed by atoms with van der Waals surface area (Å²) in [5.41, 5.74) is 3.54. The first kappa shape index (κ1) is 19.0. The van der Waals surface area contributed by atoms with E-state index in [2.05, 4.69) is 12.1 Å². The first-order valence-corrected chi connectivity index (χ1v) is 8.54. The molecule has 0 saturated heterocycles. The van der Waals surface area contributed by atoms with E-state index in [9.17, 15) is 4.79 Å². The number of nitriles is 2. The van der Waals surface area contributed by atoms with Crippen molar-refractivity contribution in [2.24, 2.45) is 0 Å². The Kier molecular flexibility index (Phi) is 7.65. The SMILES string of the molecule is N#Cc1ccc(CCC=COC(=O)CCCc2ccc(C#N)cc2)cc1. The molecule has 0 aliphatic carbocycles. The molecule has 2 rings (SSSR count). The number of ether oxygens (including phenoxy) is 1. The number of hydrogen-bond donors (Lipinski definition) is 0. The Balaban J connectivity index is 1.61. The maximum Gasteiger partial charge on any atom is 0.310 e. The van der Waals surface area contributed by atoms with Crippen LogP contribution in [-0.4, -0.2) is 5.97 Å². The number of benzene rings is 2. The van der Waals surface area contributed by atoms with E-state index in [1.807, 2.05) is 30.3 Å². The standard InChI is InChI=1S/C22H20N2O2/c23-16-20-11-7-18(8-12-20)4-1-2-15-26-22(25)6-3-5-19-9-13-21(17-24)14-10-19/h2,7-15H,1,3-6H2. The molecule has 0 unspecified atom stereocenters. The van der Waals surface area contributed by atoms with E-state index >= 15 is 0 Å². The van der Waals surface area contributed by atoms with E-state index in [1.165, 1.54) is 6.26 Å². The molecule has 130 valence electrons. The topological polar surface area (TPSA) is 73.9 Å². The highest BCUT2D eigenvalue weighted by Gasteiger charge is 2.02. The minimum atomic E-state index is -0.242. The number of rotatable bonds is 8. The zero-order chi connectivity index (χ0) is 18.6. The van der Waals surface area contributed by atoms with Crippen LogP contribution in [0.25, 0.3) is 0 Å². The lowest BCUT2D eigenvalue weighted by atomic mass is 10.1. The molecule has 0 amide bonds. The summed E-state index contributed by atoms with van der Waals surface area (Å²) in [7, 11) is 0. The van der Waals surface area contributed by atoms with Gasteiger partial charge in [0.2, 0.25) is 0 Å². The van der Waals surface area contributed by atoms with Crippen molar-refractivity contribution in [2.75, 3.05) is 0 Å². The molecule has 0 bridgehead atoms. The van der Waals surface area contributed by atoms with Gasteiger partial charge in [0.05, 0.1) is 29.5 Å². The average molecular weight is 344 g/mol. The maximum absolute atomic E-state index is 11.7. The molecule has 0 aromatic heterocycles. The Bertz CT molecular complexity index is 822. The minimum absolute atomic E-state index is 0.242. The van der Waals surface area contributed by atoms with Crippen molar-refractivity contribution in [3.63, 3.8) is 0 Å². The van der Waals surface area contributed by atoms with E-state index in [0.29, 0.717) is 24.0 Å². The van der Waals surface area contributed by atoms with Crippen molar-refractivity contribution in [3.8, 4) is 12.1 Å². The number of carbonyl (C=O) groups excluding carboxylic acids is 1. The summed E-state index contributed by atoms with van der Waals surface area (Å²) in [6.07, 6.45) is 6.74. The lowest BCUT2D eigenvalue weighted by molar-refractivity contribution is -0.138. The fourth-order valence-corrected chi connectivity index (χ4v) is 2.43. The van der Waals surface area contributed by atoms with E-state index in [4.69, 9.17) is 15.3 Å². The molecule has 0 radical (unpaired) electrons. The first-order chi connectivity index (χ1) is 12.7. The highest BCUT2D eigenvalue weighted by molar-refractivity contribution is 5.69. The van der Waals surface area contributed by atoms with Gasteiger partial charge in [-0.3, -0.25) is 4.79 Å². The van der Waals surface area contributed by atoms with Crippen LogP contribution >= 0.6 is 0 Å². The van der Waals surface area contributed by atoms with Crippen molar-refractivity contribution in [3.05, 3.63) is 83.1 Å². The van der Waals surface area contributed by atoms with Crippen molar-refractivity contribution in [1.82, 2.24) is 0 Å². The molecule has 0 atom stereocenters. The van der Waals surface area contributed by atoms with Crippen LogP contribution in [0.2, 0.25) is 0 Å². The van der Waals surface area contributed by atoms with E-state index in [0.717, 1.165) is 30.4 Å². The van der Waals surface area contributed by atoms with Gasteiger partial charge in [0.15, 0.2) is 0 Å². The van der Waals surface area contributed by atoms with Gasteiger partial charge in [-0.1, -0.05) is 24.3 Å². The predicted molar refractivity (Wildman–Crippen MR) is 98.8 cm³/mol. The second-order valence-electron chi connectivity index (χ2n) is 5.87. The summed E-state index contributed by atoms with van der Waals surface area (Å²) >= 11 is 0. The summed E-state index contributed by atoms with van der Waals surface area (Å²) in [6, 6.07) is 19.0. The molecular weight excluding hydrogens is 324 g/mol. The summed E-state index contributed by atoms with van der Waals surface area (Å²) < 4.78 is 5.09. The van der Waals surface area contributed by atoms with Gasteiger partial charge in [0.25, 0.3) is 0 Å². The van der Waals surface area contributed by atoms with Crippen LogP contribution in [-0.2, 0) is 22.4 Å². The second kappa shape index (κ2) is 10.5. The van der Waals surface area contributed by atoms with E-state index in [1.54, 1.807) is 24.3 Å². The van der Waals surface area contributed by atoms with Crippen LogP contribution in [0.15, 0.2) is 60.9 Å². The Morgan fingerprint density at radius 2 is 1.42 bits per heavy atom. The monoisotopic (exact) mass is 344 g/mol. The fraction of sp³-hybridized carbons (Fsp3) is 0.227. The Labute approximate surface area is 154 Å². The van der Waals surface area contributed by atoms with Crippen molar-refractivity contribution < 1.29 is 9.53 Å². The zero-order valence-corrected chi connectivity index (χ0v) is 14.5. The van der Waals surface area contributed by atoms with Gasteiger partial charge in [-0.2, -0.15) is 10.5 Å². The third-order valence-electron chi connectivity index (χ3n) is 3.91. The highest BCUT2D eigenvalue weighted by atomic mass is 16.5. The molecule has 0 aliphatic heterocycles. The van der Waals surface area contributed by atoms with Gasteiger partial charge in [-0.05, 0) is 67.2 Å². The van der Waals surface area contributed by atoms with Crippen LogP contribution < -0.4 is 0 Å². The Morgan fingerprint density at radius 1 is 0.885 bits per heavy atom. The molecule has 4 nitrogen and oxygen atoms in total. The maximum atomic E-state index is 11.7. The molecule has 0 fully saturated rings. The van der Waals surface area contributed by atoms with Gasteiger partial charge < -0.3 is 4.74 Å². The number of nitrogens with zero attached hydrogens (tertiary/aromatic N) is 2. The van der Waals surface area contributed by atoms with E-state index in [-0.39, 0.29) is 5.97 Å². The normalized spacial score (nSPS) is 10.2. The second-order valence-corrected chi connectivity index (χ2v) is 5.87. The molecule has 0 aliphatic rings. The van der Waals surface area contributed by atoms with Gasteiger partial charge in [-0.25, -0.2) is 0 Å². The molecular formula is C22H20N2O2. The molecule has 4 heteroatoms. The number of aryl methyl sites for hydroxylation is 2. The molecule has 0 heterocycles. The van der Waals surface area contributed by atoms with Crippen LogP contribution in [0.4, 0.5) is 0 Å². The summed E-state index contributed by atoms with van der Waals surface area (Å²) in [5, 5.41) is 17.5. The van der Waals surface area contributed by atoms with Crippen LogP contribution in [0.5, 0.6) is 0 Å². The third kappa shape index (κ3) is 6.63. The highest BCUT2D eigenvalue weighted by Crippen LogP contribution is 2.09. The van der Waals surface area contributed by atoms with Crippen molar-refractivity contribution >= 4 is 5.97 Å². The molecule has 0 N–H and O–H groups in total. The van der Waals surface area contributed by atoms with Gasteiger partial charge in [0.1, 0.15) is 0 Å². The van der Waals surface area contributed by atoms with Gasteiger partial charge in [0, 0.05) is 6.42 Å². The molecule has 26 heavy (non-hydrogen) atoms. The number of allylic oxidation sites excluding steroid dienone is 1. The number of carbonyl (C=O) groups is 1. The average Bonchev–Trinajstić information content (AvgIpc) is 2.68. The van der Waals surface area contributed by atoms with Crippen LogP contribution in [0.1, 0.15) is 41.5 Å². The molecule has 0 spiro atoms. The van der Waals surface area contributed by atoms with Crippen molar-refractivity contribution in [1.29, 1.82) is 10.5 Å². The zero-order valence-electron chi connectivity index (χ0n) is 14.5. The Morgan fingerprint density at radius 3 is 1.96 bits per heavy atom. The number of hydrogen-bond acceptors (Lipinski definition) is 4. The summed E-state index contributed by atoms with van der Waals surface area (Å²) in [5.74, 6) is -0.242. The number of esters is 1. The smallest absolute Gasteiger partial charge is 0.310 e. The third-order valence-corrected chi connectivity index (χ3v) is 3.91. The lowest BCUT2D eigenvalue weighted by Gasteiger charge is -2.02. The summed E-state index contributed by atoms with van der Waals surface area (Å²) in [6.45, 7) is 0. The van der Waals surface area contributed by atoms with Crippen molar-refractivity contribution in [2.45, 2.75) is 32.1 Å². The Hall–Kier alpha value is -3.37. The lowest BCUT2D eigenvalue weighted by Crippen LogP contribution is -2.00. The molecule has 2 aromatic rings. The van der Waals surface area contributed by atoms with Crippen LogP contribution in [0, 0.1) is 22.7 Å². The largest absolute Gasteiger partial charge is 0.435 e. The fourth-order valence-electron chi connectivity index (χ4n) is 2.43. The van der Waals surface area contributed by atoms with E-state index < -0.39 is 0 Å². The minimum Gasteiger partial charge on any atom is -0.435 e. The summed E-state index contributed by atoms with van der Waals surface area (Å²) in [4.78, 5) is 11.7. The quantitative estimate of drug-likeness (QED) is 0.524. The first-order valence-electron chi connectivity index (χ1n) is 8.54. The molecule has 0 saturated carbocycles. The predicted octanol–water partition coefficient (Wildman–Crippen LogP) is 4.44. The molecule has 2 aromatic carbocycles.